The molecule has 0 spiro atoms. The number of hydrogen-bond acceptors (Lipinski definition) is 6. The van der Waals surface area contributed by atoms with Crippen LogP contribution in [0.1, 0.15) is 25.0 Å². The lowest BCUT2D eigenvalue weighted by Gasteiger charge is -2.20. The molecule has 3 heterocycles. The van der Waals surface area contributed by atoms with E-state index < -0.39 is 0 Å². The van der Waals surface area contributed by atoms with Crippen molar-refractivity contribution in [3.05, 3.63) is 75.0 Å². The molecule has 8 heteroatoms. The third-order valence-corrected chi connectivity index (χ3v) is 7.33. The predicted octanol–water partition coefficient (Wildman–Crippen LogP) is 4.34. The Labute approximate surface area is 195 Å². The first-order chi connectivity index (χ1) is 15.6. The van der Waals surface area contributed by atoms with E-state index in [1.165, 1.54) is 27.8 Å². The number of benzene rings is 1. The van der Waals surface area contributed by atoms with Crippen molar-refractivity contribution in [2.45, 2.75) is 33.5 Å². The number of carbonyl (C=O) groups is 1. The van der Waals surface area contributed by atoms with Crippen LogP contribution >= 0.6 is 22.7 Å². The fraction of sp³-hybridized carbons (Fsp3) is 0.292. The Kier molecular flexibility index (Phi) is 7.14. The normalized spacial score (nSPS) is 11.3. The van der Waals surface area contributed by atoms with Gasteiger partial charge in [0.1, 0.15) is 11.4 Å². The zero-order chi connectivity index (χ0) is 22.5. The topological polar surface area (TPSA) is 67.2 Å². The van der Waals surface area contributed by atoms with Crippen LogP contribution in [0, 0.1) is 0 Å². The van der Waals surface area contributed by atoms with Crippen LogP contribution in [0.15, 0.2) is 58.3 Å². The highest BCUT2D eigenvalue weighted by atomic mass is 32.1. The Balaban J connectivity index is 1.48. The molecule has 6 nitrogen and oxygen atoms in total. The van der Waals surface area contributed by atoms with Crippen molar-refractivity contribution < 1.29 is 4.79 Å². The second kappa shape index (κ2) is 10.2. The summed E-state index contributed by atoms with van der Waals surface area (Å²) in [6.45, 7) is 7.47. The van der Waals surface area contributed by atoms with Gasteiger partial charge >= 0.3 is 0 Å². The minimum Gasteiger partial charge on any atom is -0.350 e. The molecule has 0 aliphatic heterocycles. The van der Waals surface area contributed by atoms with Gasteiger partial charge in [0.25, 0.3) is 5.56 Å². The molecule has 1 N–H and O–H groups in total. The molecular formula is C24H26N4O2S2. The standard InChI is InChI=1S/C24H26N4O2S2/c1-3-27(4-2)13-18-9-6-5-8-17(18)12-25-21(29)14-28-16-26-23-22(24(28)30)19(15-32-23)20-10-7-11-31-20/h5-11,15-16H,3-4,12-14H2,1-2H3,(H,25,29). The summed E-state index contributed by atoms with van der Waals surface area (Å²) in [5.41, 5.74) is 3.00. The number of hydrogen-bond donors (Lipinski definition) is 1. The molecule has 166 valence electrons. The van der Waals surface area contributed by atoms with Gasteiger partial charge in [0.15, 0.2) is 0 Å². The monoisotopic (exact) mass is 466 g/mol. The molecule has 0 atom stereocenters. The van der Waals surface area contributed by atoms with Crippen molar-refractivity contribution in [3.63, 3.8) is 0 Å². The third-order valence-electron chi connectivity index (χ3n) is 5.54. The van der Waals surface area contributed by atoms with Gasteiger partial charge in [0.05, 0.1) is 11.7 Å². The molecule has 0 aliphatic carbocycles. The van der Waals surface area contributed by atoms with E-state index in [1.807, 2.05) is 41.1 Å². The number of amides is 1. The van der Waals surface area contributed by atoms with Gasteiger partial charge in [-0.3, -0.25) is 19.1 Å². The van der Waals surface area contributed by atoms with E-state index in [0.717, 1.165) is 35.6 Å². The van der Waals surface area contributed by atoms with Crippen LogP contribution in [-0.4, -0.2) is 33.4 Å². The number of aromatic nitrogens is 2. The SMILES string of the molecule is CCN(CC)Cc1ccccc1CNC(=O)Cn1cnc2scc(-c3cccs3)c2c1=O. The summed E-state index contributed by atoms with van der Waals surface area (Å²) >= 11 is 3.04. The van der Waals surface area contributed by atoms with E-state index in [2.05, 4.69) is 35.1 Å². The first-order valence-electron chi connectivity index (χ1n) is 10.7. The van der Waals surface area contributed by atoms with Gasteiger partial charge in [-0.05, 0) is 35.7 Å². The maximum atomic E-state index is 13.1. The molecular weight excluding hydrogens is 440 g/mol. The summed E-state index contributed by atoms with van der Waals surface area (Å²) in [6.07, 6.45) is 1.47. The van der Waals surface area contributed by atoms with Gasteiger partial charge in [0.2, 0.25) is 5.91 Å². The summed E-state index contributed by atoms with van der Waals surface area (Å²) in [6, 6.07) is 12.1. The van der Waals surface area contributed by atoms with Crippen molar-refractivity contribution in [1.82, 2.24) is 19.8 Å². The van der Waals surface area contributed by atoms with E-state index in [9.17, 15) is 9.59 Å². The highest BCUT2D eigenvalue weighted by molar-refractivity contribution is 7.18. The zero-order valence-corrected chi connectivity index (χ0v) is 19.8. The molecule has 1 aromatic carbocycles. The second-order valence-electron chi connectivity index (χ2n) is 7.49. The summed E-state index contributed by atoms with van der Waals surface area (Å²) < 4.78 is 1.39. The number of nitrogens with one attached hydrogen (secondary N) is 1. The minimum atomic E-state index is -0.209. The van der Waals surface area contributed by atoms with Crippen molar-refractivity contribution >= 4 is 38.8 Å². The Morgan fingerprint density at radius 3 is 2.59 bits per heavy atom. The molecule has 0 saturated carbocycles. The predicted molar refractivity (Wildman–Crippen MR) is 132 cm³/mol. The number of carbonyl (C=O) groups excluding carboxylic acids is 1. The third kappa shape index (κ3) is 4.82. The Morgan fingerprint density at radius 2 is 1.88 bits per heavy atom. The van der Waals surface area contributed by atoms with E-state index in [4.69, 9.17) is 0 Å². The van der Waals surface area contributed by atoms with Gasteiger partial charge in [-0.25, -0.2) is 4.98 Å². The zero-order valence-electron chi connectivity index (χ0n) is 18.2. The fourth-order valence-corrected chi connectivity index (χ4v) is 5.39. The summed E-state index contributed by atoms with van der Waals surface area (Å²) in [7, 11) is 0. The van der Waals surface area contributed by atoms with Gasteiger partial charge in [-0.15, -0.1) is 22.7 Å². The molecule has 0 aliphatic rings. The van der Waals surface area contributed by atoms with Crippen molar-refractivity contribution in [3.8, 4) is 10.4 Å². The van der Waals surface area contributed by atoms with E-state index in [-0.39, 0.29) is 18.0 Å². The Hall–Kier alpha value is -2.81. The van der Waals surface area contributed by atoms with Crippen LogP contribution in [0.25, 0.3) is 20.7 Å². The molecule has 1 amide bonds. The van der Waals surface area contributed by atoms with Crippen molar-refractivity contribution in [2.75, 3.05) is 13.1 Å². The van der Waals surface area contributed by atoms with Crippen LogP contribution in [0.3, 0.4) is 0 Å². The number of rotatable bonds is 9. The summed E-state index contributed by atoms with van der Waals surface area (Å²) in [4.78, 5) is 34.2. The van der Waals surface area contributed by atoms with Gasteiger partial charge in [-0.1, -0.05) is 44.2 Å². The first kappa shape index (κ1) is 22.4. The number of fused-ring (bicyclic) bond motifs is 1. The molecule has 32 heavy (non-hydrogen) atoms. The quantitative estimate of drug-likeness (QED) is 0.398. The van der Waals surface area contributed by atoms with Crippen LogP contribution in [-0.2, 0) is 24.4 Å². The lowest BCUT2D eigenvalue weighted by Crippen LogP contribution is -2.32. The Morgan fingerprint density at radius 1 is 1.09 bits per heavy atom. The largest absolute Gasteiger partial charge is 0.350 e. The lowest BCUT2D eigenvalue weighted by atomic mass is 10.1. The molecule has 4 rings (SSSR count). The van der Waals surface area contributed by atoms with Crippen LogP contribution in [0.5, 0.6) is 0 Å². The highest BCUT2D eigenvalue weighted by Crippen LogP contribution is 2.33. The number of nitrogens with zero attached hydrogens (tertiary/aromatic N) is 3. The maximum absolute atomic E-state index is 13.1. The molecule has 0 bridgehead atoms. The van der Waals surface area contributed by atoms with E-state index >= 15 is 0 Å². The summed E-state index contributed by atoms with van der Waals surface area (Å²) in [5.74, 6) is -0.209. The fourth-order valence-electron chi connectivity index (χ4n) is 3.67. The molecule has 0 fully saturated rings. The van der Waals surface area contributed by atoms with E-state index in [1.54, 1.807) is 11.3 Å². The molecule has 3 aromatic heterocycles. The van der Waals surface area contributed by atoms with Gasteiger partial charge in [0, 0.05) is 28.9 Å². The van der Waals surface area contributed by atoms with E-state index in [0.29, 0.717) is 16.8 Å². The smallest absolute Gasteiger partial charge is 0.263 e. The minimum absolute atomic E-state index is 0.0558. The second-order valence-corrected chi connectivity index (χ2v) is 9.30. The van der Waals surface area contributed by atoms with Crippen LogP contribution < -0.4 is 10.9 Å². The van der Waals surface area contributed by atoms with Gasteiger partial charge < -0.3 is 5.32 Å². The molecule has 0 radical (unpaired) electrons. The highest BCUT2D eigenvalue weighted by Gasteiger charge is 2.15. The van der Waals surface area contributed by atoms with Crippen molar-refractivity contribution in [1.29, 1.82) is 0 Å². The molecule has 0 saturated heterocycles. The average molecular weight is 467 g/mol. The van der Waals surface area contributed by atoms with Crippen LogP contribution in [0.4, 0.5) is 0 Å². The molecule has 0 unspecified atom stereocenters. The van der Waals surface area contributed by atoms with Gasteiger partial charge in [-0.2, -0.15) is 0 Å². The van der Waals surface area contributed by atoms with Crippen molar-refractivity contribution in [2.24, 2.45) is 0 Å². The lowest BCUT2D eigenvalue weighted by molar-refractivity contribution is -0.121. The average Bonchev–Trinajstić information content (AvgIpc) is 3.48. The molecule has 4 aromatic rings. The first-order valence-corrected chi connectivity index (χ1v) is 12.4. The summed E-state index contributed by atoms with van der Waals surface area (Å²) in [5, 5.41) is 7.49. The van der Waals surface area contributed by atoms with Crippen LogP contribution in [0.2, 0.25) is 0 Å². The number of thiophene rings is 2. The maximum Gasteiger partial charge on any atom is 0.263 e. The Bertz CT molecular complexity index is 1260.